The summed E-state index contributed by atoms with van der Waals surface area (Å²) < 4.78 is 67.8. The van der Waals surface area contributed by atoms with E-state index in [4.69, 9.17) is 4.74 Å². The van der Waals surface area contributed by atoms with Crippen LogP contribution in [-0.4, -0.2) is 18.8 Å². The molecule has 4 nitrogen and oxygen atoms in total. The Kier molecular flexibility index (Phi) is 6.24. The van der Waals surface area contributed by atoms with E-state index in [1.807, 2.05) is 0 Å². The first-order valence-corrected chi connectivity index (χ1v) is 7.88. The number of anilines is 1. The Hall–Kier alpha value is -2.84. The van der Waals surface area contributed by atoms with Gasteiger partial charge in [0.1, 0.15) is 5.75 Å². The van der Waals surface area contributed by atoms with Gasteiger partial charge in [0.05, 0.1) is 6.04 Å². The van der Waals surface area contributed by atoms with Gasteiger partial charge in [-0.2, -0.15) is 13.2 Å². The zero-order chi connectivity index (χ0) is 20.2. The van der Waals surface area contributed by atoms with Gasteiger partial charge in [0.2, 0.25) is 0 Å². The van der Waals surface area contributed by atoms with Crippen LogP contribution in [0.5, 0.6) is 5.75 Å². The first kappa shape index (κ1) is 20.5. The molecule has 2 rings (SSSR count). The topological polar surface area (TPSA) is 50.4 Å². The molecule has 1 atom stereocenters. The molecule has 0 saturated heterocycles. The molecule has 146 valence electrons. The van der Waals surface area contributed by atoms with E-state index < -0.39 is 36.5 Å². The molecule has 0 aromatic heterocycles. The van der Waals surface area contributed by atoms with Crippen molar-refractivity contribution in [3.63, 3.8) is 0 Å². The summed E-state index contributed by atoms with van der Waals surface area (Å²) in [6.07, 6.45) is -4.48. The van der Waals surface area contributed by atoms with Crippen LogP contribution in [0.2, 0.25) is 0 Å². The van der Waals surface area contributed by atoms with Crippen LogP contribution in [0.4, 0.5) is 32.4 Å². The summed E-state index contributed by atoms with van der Waals surface area (Å²) in [5, 5.41) is 5.03. The Morgan fingerprint density at radius 3 is 2.48 bits per heavy atom. The lowest BCUT2D eigenvalue weighted by Crippen LogP contribution is -2.31. The van der Waals surface area contributed by atoms with Crippen LogP contribution >= 0.6 is 0 Å². The van der Waals surface area contributed by atoms with Gasteiger partial charge in [-0.3, -0.25) is 0 Å². The molecule has 2 aromatic rings. The van der Waals surface area contributed by atoms with E-state index in [0.717, 1.165) is 12.1 Å². The highest BCUT2D eigenvalue weighted by atomic mass is 19.4. The van der Waals surface area contributed by atoms with E-state index in [-0.39, 0.29) is 11.4 Å². The highest BCUT2D eigenvalue weighted by Gasteiger charge is 2.28. The molecule has 0 aliphatic heterocycles. The third-order valence-electron chi connectivity index (χ3n) is 3.71. The largest absolute Gasteiger partial charge is 0.484 e. The van der Waals surface area contributed by atoms with Gasteiger partial charge in [0, 0.05) is 11.3 Å². The lowest BCUT2D eigenvalue weighted by atomic mass is 10.1. The predicted octanol–water partition coefficient (Wildman–Crippen LogP) is 5.10. The number of nitrogens with one attached hydrogen (secondary N) is 2. The summed E-state index contributed by atoms with van der Waals surface area (Å²) in [6, 6.07) is 6.25. The number of rotatable bonds is 5. The Bertz CT molecular complexity index is 824. The minimum absolute atomic E-state index is 0.0150. The molecule has 0 fully saturated rings. The number of carbonyl (C=O) groups excluding carboxylic acids is 1. The molecule has 0 aliphatic rings. The summed E-state index contributed by atoms with van der Waals surface area (Å²) in [7, 11) is 0. The van der Waals surface area contributed by atoms with Gasteiger partial charge in [-0.15, -0.1) is 0 Å². The van der Waals surface area contributed by atoms with E-state index in [1.54, 1.807) is 6.92 Å². The fourth-order valence-electron chi connectivity index (χ4n) is 2.29. The van der Waals surface area contributed by atoms with Crippen molar-refractivity contribution in [1.82, 2.24) is 5.32 Å². The van der Waals surface area contributed by atoms with Crippen molar-refractivity contribution in [2.75, 3.05) is 11.9 Å². The van der Waals surface area contributed by atoms with Crippen molar-refractivity contribution in [2.24, 2.45) is 0 Å². The molecule has 0 heterocycles. The van der Waals surface area contributed by atoms with Gasteiger partial charge in [0.25, 0.3) is 0 Å². The standard InChI is InChI=1S/C18H17F5N2O2/c1-10-15(4-3-5-16(10)27-9-18(21,22)23)25-17(26)24-11(2)12-6-7-13(19)14(20)8-12/h3-8,11H,9H2,1-2H3,(H2,24,25,26). The molecule has 0 saturated carbocycles. The second-order valence-electron chi connectivity index (χ2n) is 5.83. The van der Waals surface area contributed by atoms with Crippen LogP contribution in [0.15, 0.2) is 36.4 Å². The number of carbonyl (C=O) groups is 1. The first-order chi connectivity index (χ1) is 12.6. The van der Waals surface area contributed by atoms with E-state index in [2.05, 4.69) is 10.6 Å². The molecule has 2 aromatic carbocycles. The van der Waals surface area contributed by atoms with Crippen LogP contribution in [-0.2, 0) is 0 Å². The van der Waals surface area contributed by atoms with Gasteiger partial charge in [-0.05, 0) is 43.7 Å². The fourth-order valence-corrected chi connectivity index (χ4v) is 2.29. The SMILES string of the molecule is Cc1c(NC(=O)NC(C)c2ccc(F)c(F)c2)cccc1OCC(F)(F)F. The molecule has 1 unspecified atom stereocenters. The maximum Gasteiger partial charge on any atom is 0.422 e. The van der Waals surface area contributed by atoms with Crippen molar-refractivity contribution in [1.29, 1.82) is 0 Å². The smallest absolute Gasteiger partial charge is 0.422 e. The van der Waals surface area contributed by atoms with Gasteiger partial charge in [-0.25, -0.2) is 13.6 Å². The monoisotopic (exact) mass is 388 g/mol. The average molecular weight is 388 g/mol. The van der Waals surface area contributed by atoms with Crippen LogP contribution < -0.4 is 15.4 Å². The van der Waals surface area contributed by atoms with Gasteiger partial charge < -0.3 is 15.4 Å². The quantitative estimate of drug-likeness (QED) is 0.701. The van der Waals surface area contributed by atoms with Crippen molar-refractivity contribution < 1.29 is 31.5 Å². The van der Waals surface area contributed by atoms with Crippen LogP contribution in [0, 0.1) is 18.6 Å². The van der Waals surface area contributed by atoms with Crippen molar-refractivity contribution in [3.05, 3.63) is 59.2 Å². The highest BCUT2D eigenvalue weighted by Crippen LogP contribution is 2.27. The van der Waals surface area contributed by atoms with Crippen LogP contribution in [0.25, 0.3) is 0 Å². The average Bonchev–Trinajstić information content (AvgIpc) is 2.57. The second-order valence-corrected chi connectivity index (χ2v) is 5.83. The van der Waals surface area contributed by atoms with E-state index >= 15 is 0 Å². The molecule has 0 bridgehead atoms. The van der Waals surface area contributed by atoms with E-state index in [0.29, 0.717) is 11.1 Å². The predicted molar refractivity (Wildman–Crippen MR) is 89.7 cm³/mol. The third-order valence-corrected chi connectivity index (χ3v) is 3.71. The molecular formula is C18H17F5N2O2. The van der Waals surface area contributed by atoms with Crippen molar-refractivity contribution in [3.8, 4) is 5.75 Å². The zero-order valence-electron chi connectivity index (χ0n) is 14.5. The number of hydrogen-bond donors (Lipinski definition) is 2. The fraction of sp³-hybridized carbons (Fsp3) is 0.278. The maximum absolute atomic E-state index is 13.3. The number of halogens is 5. The van der Waals surface area contributed by atoms with Crippen LogP contribution in [0.1, 0.15) is 24.1 Å². The number of alkyl halides is 3. The summed E-state index contributed by atoms with van der Waals surface area (Å²) in [5.41, 5.74) is 0.921. The summed E-state index contributed by atoms with van der Waals surface area (Å²) >= 11 is 0. The minimum atomic E-state index is -4.48. The summed E-state index contributed by atoms with van der Waals surface area (Å²) in [5.74, 6) is -2.05. The molecule has 27 heavy (non-hydrogen) atoms. The molecule has 0 spiro atoms. The van der Waals surface area contributed by atoms with Gasteiger partial charge in [0.15, 0.2) is 18.2 Å². The second kappa shape index (κ2) is 8.24. The van der Waals surface area contributed by atoms with Crippen molar-refractivity contribution >= 4 is 11.7 Å². The van der Waals surface area contributed by atoms with E-state index in [9.17, 15) is 26.7 Å². The number of hydrogen-bond acceptors (Lipinski definition) is 2. The first-order valence-electron chi connectivity index (χ1n) is 7.88. The zero-order valence-corrected chi connectivity index (χ0v) is 14.5. The molecule has 2 amide bonds. The lowest BCUT2D eigenvalue weighted by molar-refractivity contribution is -0.153. The highest BCUT2D eigenvalue weighted by molar-refractivity contribution is 5.90. The number of urea groups is 1. The number of benzene rings is 2. The minimum Gasteiger partial charge on any atom is -0.484 e. The Morgan fingerprint density at radius 1 is 1.15 bits per heavy atom. The van der Waals surface area contributed by atoms with E-state index in [1.165, 1.54) is 31.2 Å². The normalized spacial score (nSPS) is 12.4. The lowest BCUT2D eigenvalue weighted by Gasteiger charge is -2.17. The summed E-state index contributed by atoms with van der Waals surface area (Å²) in [4.78, 5) is 12.1. The molecule has 0 aliphatic carbocycles. The molecular weight excluding hydrogens is 371 g/mol. The molecule has 9 heteroatoms. The maximum atomic E-state index is 13.3. The molecule has 0 radical (unpaired) electrons. The third kappa shape index (κ3) is 5.83. The Labute approximate surface area is 152 Å². The van der Waals surface area contributed by atoms with Crippen LogP contribution in [0.3, 0.4) is 0 Å². The Balaban J connectivity index is 2.03. The number of ether oxygens (including phenoxy) is 1. The van der Waals surface area contributed by atoms with Gasteiger partial charge >= 0.3 is 12.2 Å². The van der Waals surface area contributed by atoms with Gasteiger partial charge in [-0.1, -0.05) is 12.1 Å². The van der Waals surface area contributed by atoms with Crippen molar-refractivity contribution in [2.45, 2.75) is 26.1 Å². The Morgan fingerprint density at radius 2 is 1.85 bits per heavy atom. The summed E-state index contributed by atoms with van der Waals surface area (Å²) in [6.45, 7) is 1.62. The molecule has 2 N–H and O–H groups in total. The number of amides is 2.